The molecule has 0 radical (unpaired) electrons. The predicted octanol–water partition coefficient (Wildman–Crippen LogP) is 2.66. The molecule has 10 nitrogen and oxygen atoms in total. The number of ether oxygens (including phenoxy) is 1. The molecule has 0 saturated carbocycles. The highest BCUT2D eigenvalue weighted by atomic mass is 32.1. The number of carboxylic acids is 3. The van der Waals surface area contributed by atoms with Crippen molar-refractivity contribution >= 4 is 40.0 Å². The molecule has 0 aliphatic rings. The van der Waals surface area contributed by atoms with Gasteiger partial charge in [0.1, 0.15) is 5.75 Å². The molecule has 0 unspecified atom stereocenters. The fourth-order valence-electron chi connectivity index (χ4n) is 3.45. The van der Waals surface area contributed by atoms with Gasteiger partial charge < -0.3 is 30.3 Å². The van der Waals surface area contributed by atoms with Crippen molar-refractivity contribution in [2.24, 2.45) is 0 Å². The summed E-state index contributed by atoms with van der Waals surface area (Å²) in [5.74, 6) is -4.14. The fraction of sp³-hybridized carbons (Fsp3) is 0.320. The van der Waals surface area contributed by atoms with Crippen LogP contribution in [0.2, 0.25) is 0 Å². The first-order chi connectivity index (χ1) is 17.1. The Morgan fingerprint density at radius 1 is 0.944 bits per heavy atom. The van der Waals surface area contributed by atoms with Crippen LogP contribution in [0.4, 0.5) is 0 Å². The second-order valence-electron chi connectivity index (χ2n) is 8.04. The average molecular weight is 520 g/mol. The van der Waals surface area contributed by atoms with E-state index in [0.717, 1.165) is 18.8 Å². The van der Waals surface area contributed by atoms with E-state index in [0.29, 0.717) is 6.54 Å². The zero-order valence-corrected chi connectivity index (χ0v) is 20.5. The highest BCUT2D eigenvalue weighted by Gasteiger charge is 2.40. The molecule has 1 aromatic heterocycles. The maximum atomic E-state index is 10.3. The standard InChI is InChI=1S/C19H21NO2S.C6H8O7/c1-22-18-7-6-16-11-15(4-5-17(16)12-18)13-20(8-9-21)14-19-3-2-10-23-19;7-3(8)1-6(13,5(11)12)2-4(9)10/h2-7,10-12,21H,8-9,13-14H2,1H3;13H,1-2H2,(H,7,8)(H,9,10)(H,11,12). The molecule has 0 atom stereocenters. The fourth-order valence-corrected chi connectivity index (χ4v) is 4.20. The quantitative estimate of drug-likeness (QED) is 0.240. The molecule has 0 aliphatic carbocycles. The topological polar surface area (TPSA) is 165 Å². The number of carbonyl (C=O) groups is 3. The van der Waals surface area contributed by atoms with Gasteiger partial charge in [0, 0.05) is 24.5 Å². The van der Waals surface area contributed by atoms with E-state index in [1.165, 1.54) is 21.2 Å². The van der Waals surface area contributed by atoms with Crippen LogP contribution in [0, 0.1) is 0 Å². The van der Waals surface area contributed by atoms with Crippen molar-refractivity contribution in [1.82, 2.24) is 4.90 Å². The van der Waals surface area contributed by atoms with Gasteiger partial charge in [0.25, 0.3) is 0 Å². The Labute approximate surface area is 211 Å². The molecule has 0 fully saturated rings. The smallest absolute Gasteiger partial charge is 0.336 e. The lowest BCUT2D eigenvalue weighted by Gasteiger charge is -2.21. The molecular formula is C25H29NO9S. The van der Waals surface area contributed by atoms with Gasteiger partial charge in [-0.15, -0.1) is 11.3 Å². The van der Waals surface area contributed by atoms with Gasteiger partial charge in [0.15, 0.2) is 5.60 Å². The van der Waals surface area contributed by atoms with E-state index in [1.54, 1.807) is 18.4 Å². The minimum atomic E-state index is -2.74. The van der Waals surface area contributed by atoms with E-state index in [1.807, 2.05) is 6.07 Å². The largest absolute Gasteiger partial charge is 0.497 e. The van der Waals surface area contributed by atoms with Gasteiger partial charge in [-0.1, -0.05) is 24.3 Å². The number of carboxylic acid groups (broad SMARTS) is 3. The highest BCUT2D eigenvalue weighted by molar-refractivity contribution is 7.09. The molecule has 0 spiro atoms. The summed E-state index contributed by atoms with van der Waals surface area (Å²) < 4.78 is 5.27. The van der Waals surface area contributed by atoms with Gasteiger partial charge in [-0.05, 0) is 46.0 Å². The maximum Gasteiger partial charge on any atom is 0.336 e. The second-order valence-corrected chi connectivity index (χ2v) is 9.07. The maximum absolute atomic E-state index is 10.3. The van der Waals surface area contributed by atoms with Crippen LogP contribution >= 0.6 is 11.3 Å². The van der Waals surface area contributed by atoms with Crippen molar-refractivity contribution in [3.8, 4) is 5.75 Å². The van der Waals surface area contributed by atoms with Crippen molar-refractivity contribution in [2.75, 3.05) is 20.3 Å². The normalized spacial score (nSPS) is 11.1. The number of aliphatic hydroxyl groups excluding tert-OH is 1. The molecule has 0 saturated heterocycles. The zero-order chi connectivity index (χ0) is 26.7. The molecule has 1 heterocycles. The number of hydrogen-bond donors (Lipinski definition) is 5. The third kappa shape index (κ3) is 8.93. The molecule has 5 N–H and O–H groups in total. The van der Waals surface area contributed by atoms with E-state index in [2.05, 4.69) is 52.7 Å². The Hall–Kier alpha value is -3.51. The van der Waals surface area contributed by atoms with Crippen molar-refractivity contribution in [3.63, 3.8) is 0 Å². The first-order valence-electron chi connectivity index (χ1n) is 10.9. The Bertz CT molecular complexity index is 1150. The summed E-state index contributed by atoms with van der Waals surface area (Å²) in [6.45, 7) is 2.56. The summed E-state index contributed by atoms with van der Waals surface area (Å²) in [6, 6.07) is 16.8. The summed E-state index contributed by atoms with van der Waals surface area (Å²) in [5.41, 5.74) is -1.48. The number of fused-ring (bicyclic) bond motifs is 1. The van der Waals surface area contributed by atoms with Crippen LogP contribution in [-0.2, 0) is 27.5 Å². The van der Waals surface area contributed by atoms with Crippen molar-refractivity contribution < 1.29 is 44.7 Å². The van der Waals surface area contributed by atoms with Crippen LogP contribution in [0.15, 0.2) is 53.9 Å². The van der Waals surface area contributed by atoms with Crippen molar-refractivity contribution in [1.29, 1.82) is 0 Å². The number of hydrogen-bond acceptors (Lipinski definition) is 8. The van der Waals surface area contributed by atoms with E-state index >= 15 is 0 Å². The number of benzene rings is 2. The monoisotopic (exact) mass is 519 g/mol. The third-order valence-corrected chi connectivity index (χ3v) is 6.04. The zero-order valence-electron chi connectivity index (χ0n) is 19.7. The molecule has 3 aromatic rings. The molecule has 0 amide bonds. The summed E-state index contributed by atoms with van der Waals surface area (Å²) in [5, 5.41) is 47.6. The first kappa shape index (κ1) is 28.7. The minimum absolute atomic E-state index is 0.177. The molecule has 3 rings (SSSR count). The predicted molar refractivity (Wildman–Crippen MR) is 133 cm³/mol. The lowest BCUT2D eigenvalue weighted by Crippen LogP contribution is -2.42. The van der Waals surface area contributed by atoms with Gasteiger partial charge in [-0.25, -0.2) is 4.79 Å². The lowest BCUT2D eigenvalue weighted by molar-refractivity contribution is -0.170. The summed E-state index contributed by atoms with van der Waals surface area (Å²) in [6.07, 6.45) is -2.29. The molecule has 0 aliphatic heterocycles. The first-order valence-corrected chi connectivity index (χ1v) is 11.8. The van der Waals surface area contributed by atoms with Crippen LogP contribution in [0.25, 0.3) is 10.8 Å². The average Bonchev–Trinajstić information content (AvgIpc) is 3.31. The Balaban J connectivity index is 0.000000302. The third-order valence-electron chi connectivity index (χ3n) is 5.18. The van der Waals surface area contributed by atoms with Crippen LogP contribution in [-0.4, -0.2) is 74.2 Å². The minimum Gasteiger partial charge on any atom is -0.497 e. The summed E-state index contributed by atoms with van der Waals surface area (Å²) in [7, 11) is 1.69. The molecular weight excluding hydrogens is 490 g/mol. The van der Waals surface area contributed by atoms with Crippen LogP contribution in [0.1, 0.15) is 23.3 Å². The number of methoxy groups -OCH3 is 1. The number of thiophene rings is 1. The second kappa shape index (κ2) is 13.5. The Morgan fingerprint density at radius 3 is 2.11 bits per heavy atom. The van der Waals surface area contributed by atoms with Gasteiger partial charge >= 0.3 is 17.9 Å². The van der Waals surface area contributed by atoms with Gasteiger partial charge in [0.05, 0.1) is 26.6 Å². The van der Waals surface area contributed by atoms with Crippen molar-refractivity contribution in [2.45, 2.75) is 31.5 Å². The van der Waals surface area contributed by atoms with E-state index in [-0.39, 0.29) is 6.61 Å². The number of aliphatic hydroxyl groups is 2. The Kier molecular flexibility index (Phi) is 10.8. The van der Waals surface area contributed by atoms with Crippen LogP contribution < -0.4 is 4.74 Å². The van der Waals surface area contributed by atoms with Gasteiger partial charge in [0.2, 0.25) is 0 Å². The molecule has 36 heavy (non-hydrogen) atoms. The van der Waals surface area contributed by atoms with E-state index < -0.39 is 36.4 Å². The number of aliphatic carboxylic acids is 3. The van der Waals surface area contributed by atoms with E-state index in [4.69, 9.17) is 25.2 Å². The summed E-state index contributed by atoms with van der Waals surface area (Å²) in [4.78, 5) is 34.1. The summed E-state index contributed by atoms with van der Waals surface area (Å²) >= 11 is 1.76. The highest BCUT2D eigenvalue weighted by Crippen LogP contribution is 2.23. The Morgan fingerprint density at radius 2 is 1.58 bits per heavy atom. The van der Waals surface area contributed by atoms with Crippen LogP contribution in [0.5, 0.6) is 5.75 Å². The SMILES string of the molecule is COc1ccc2cc(CN(CCO)Cc3cccs3)ccc2c1.O=C(O)CC(O)(CC(=O)O)C(=O)O. The lowest BCUT2D eigenvalue weighted by atomic mass is 9.96. The number of nitrogens with zero attached hydrogens (tertiary/aromatic N) is 1. The van der Waals surface area contributed by atoms with E-state index in [9.17, 15) is 19.5 Å². The number of rotatable bonds is 12. The van der Waals surface area contributed by atoms with Crippen LogP contribution in [0.3, 0.4) is 0 Å². The van der Waals surface area contributed by atoms with Gasteiger partial charge in [-0.2, -0.15) is 0 Å². The molecule has 0 bridgehead atoms. The van der Waals surface area contributed by atoms with Crippen molar-refractivity contribution in [3.05, 3.63) is 64.4 Å². The molecule has 194 valence electrons. The van der Waals surface area contributed by atoms with Gasteiger partial charge in [-0.3, -0.25) is 14.5 Å². The molecule has 2 aromatic carbocycles. The molecule has 11 heteroatoms.